The second-order valence-corrected chi connectivity index (χ2v) is 10.5. The van der Waals surface area contributed by atoms with Crippen molar-refractivity contribution < 1.29 is 23.8 Å². The Balaban J connectivity index is 2.33. The molecule has 0 saturated heterocycles. The lowest BCUT2D eigenvalue weighted by Gasteiger charge is -2.30. The summed E-state index contributed by atoms with van der Waals surface area (Å²) in [6, 6.07) is 11.4. The number of rotatable bonds is 5. The van der Waals surface area contributed by atoms with Crippen molar-refractivity contribution in [3.8, 4) is 11.5 Å². The first kappa shape index (κ1) is 25.3. The second-order valence-electron chi connectivity index (χ2n) is 10.5. The Morgan fingerprint density at radius 2 is 1.65 bits per heavy atom. The molecule has 1 heterocycles. The molecule has 1 unspecified atom stereocenters. The predicted octanol–water partition coefficient (Wildman–Crippen LogP) is 7.00. The molecule has 1 N–H and O–H groups in total. The van der Waals surface area contributed by atoms with E-state index in [0.29, 0.717) is 23.0 Å². The molecule has 0 spiro atoms. The van der Waals surface area contributed by atoms with Crippen LogP contribution in [0.1, 0.15) is 88.1 Å². The molecule has 6 nitrogen and oxygen atoms in total. The minimum Gasteiger partial charge on any atom is -0.507 e. The highest BCUT2D eigenvalue weighted by Crippen LogP contribution is 2.45. The van der Waals surface area contributed by atoms with Gasteiger partial charge in [0.15, 0.2) is 6.39 Å². The number of oxazole rings is 1. The molecule has 0 saturated carbocycles. The van der Waals surface area contributed by atoms with Crippen LogP contribution in [-0.2, 0) is 15.6 Å². The van der Waals surface area contributed by atoms with E-state index in [1.165, 1.54) is 6.39 Å². The van der Waals surface area contributed by atoms with E-state index in [4.69, 9.17) is 13.9 Å². The molecule has 0 amide bonds. The van der Waals surface area contributed by atoms with Crippen molar-refractivity contribution in [2.75, 3.05) is 6.61 Å². The van der Waals surface area contributed by atoms with Gasteiger partial charge in [-0.2, -0.15) is 0 Å². The van der Waals surface area contributed by atoms with Gasteiger partial charge < -0.3 is 19.0 Å². The lowest BCUT2D eigenvalue weighted by atomic mass is 9.75. The van der Waals surface area contributed by atoms with Crippen LogP contribution in [0.25, 0.3) is 0 Å². The number of ether oxygens (including phenoxy) is 2. The van der Waals surface area contributed by atoms with E-state index in [9.17, 15) is 9.90 Å². The summed E-state index contributed by atoms with van der Waals surface area (Å²) >= 11 is 0. The molecule has 1 aromatic heterocycles. The van der Waals surface area contributed by atoms with Crippen LogP contribution in [0.4, 0.5) is 4.79 Å². The van der Waals surface area contributed by atoms with Gasteiger partial charge in [0.2, 0.25) is 0 Å². The molecule has 0 bridgehead atoms. The number of carbonyl (C=O) groups excluding carboxylic acids is 1. The average molecular weight is 466 g/mol. The molecule has 0 aliphatic heterocycles. The molecule has 34 heavy (non-hydrogen) atoms. The summed E-state index contributed by atoms with van der Waals surface area (Å²) in [5.74, 6) is 0.956. The maximum absolute atomic E-state index is 12.2. The van der Waals surface area contributed by atoms with Gasteiger partial charge in [0, 0.05) is 5.56 Å². The molecule has 0 aliphatic rings. The van der Waals surface area contributed by atoms with E-state index in [1.54, 1.807) is 13.0 Å². The maximum atomic E-state index is 12.2. The molecule has 0 fully saturated rings. The molecular formula is C28H35NO5. The van der Waals surface area contributed by atoms with Crippen LogP contribution in [0.3, 0.4) is 0 Å². The van der Waals surface area contributed by atoms with E-state index in [-0.39, 0.29) is 17.4 Å². The number of hydrogen-bond donors (Lipinski definition) is 1. The molecular weight excluding hydrogens is 430 g/mol. The summed E-state index contributed by atoms with van der Waals surface area (Å²) in [6.07, 6.45) is 0.657. The number of benzene rings is 2. The first-order valence-corrected chi connectivity index (χ1v) is 11.6. The third-order valence-corrected chi connectivity index (χ3v) is 5.82. The fourth-order valence-electron chi connectivity index (χ4n) is 4.09. The second kappa shape index (κ2) is 9.53. The standard InChI is InChI=1S/C28H35NO5/c1-9-32-26(31)34-22-13-11-10-12-19(22)23(24-17(2)33-16-29-24)18-14-20(27(3,4)5)25(30)21(15-18)28(6,7)8/h10-16,23,30H,9H2,1-8H3. The summed E-state index contributed by atoms with van der Waals surface area (Å²) in [5.41, 5.74) is 3.46. The Kier molecular flexibility index (Phi) is 7.10. The van der Waals surface area contributed by atoms with Gasteiger partial charge in [-0.3, -0.25) is 0 Å². The fourth-order valence-corrected chi connectivity index (χ4v) is 4.09. The molecule has 0 aliphatic carbocycles. The summed E-state index contributed by atoms with van der Waals surface area (Å²) in [4.78, 5) is 16.7. The number of para-hydroxylation sites is 1. The van der Waals surface area contributed by atoms with Crippen LogP contribution >= 0.6 is 0 Å². The van der Waals surface area contributed by atoms with Gasteiger partial charge in [0.05, 0.1) is 18.2 Å². The van der Waals surface area contributed by atoms with Crippen LogP contribution in [-0.4, -0.2) is 22.9 Å². The van der Waals surface area contributed by atoms with Crippen molar-refractivity contribution in [1.29, 1.82) is 0 Å². The number of aromatic nitrogens is 1. The zero-order chi connectivity index (χ0) is 25.3. The average Bonchev–Trinajstić information content (AvgIpc) is 3.14. The Morgan fingerprint density at radius 3 is 2.15 bits per heavy atom. The van der Waals surface area contributed by atoms with Crippen LogP contribution < -0.4 is 4.74 Å². The van der Waals surface area contributed by atoms with Gasteiger partial charge in [-0.15, -0.1) is 0 Å². The Hall–Kier alpha value is -3.28. The number of carbonyl (C=O) groups is 1. The molecule has 3 aromatic rings. The van der Waals surface area contributed by atoms with Crippen molar-refractivity contribution in [2.45, 2.75) is 72.1 Å². The predicted molar refractivity (Wildman–Crippen MR) is 132 cm³/mol. The molecule has 1 atom stereocenters. The number of phenolic OH excluding ortho intramolecular Hbond substituents is 1. The lowest BCUT2D eigenvalue weighted by Crippen LogP contribution is -2.19. The SMILES string of the molecule is CCOC(=O)Oc1ccccc1C(c1cc(C(C)(C)C)c(O)c(C(C)(C)C)c1)c1ncoc1C. The molecule has 0 radical (unpaired) electrons. The molecule has 2 aromatic carbocycles. The largest absolute Gasteiger partial charge is 0.513 e. The van der Waals surface area contributed by atoms with Gasteiger partial charge in [0.1, 0.15) is 17.3 Å². The number of phenols is 1. The van der Waals surface area contributed by atoms with Crippen molar-refractivity contribution in [3.63, 3.8) is 0 Å². The van der Waals surface area contributed by atoms with Gasteiger partial charge in [-0.05, 0) is 47.4 Å². The number of aryl methyl sites for hydroxylation is 1. The first-order valence-electron chi connectivity index (χ1n) is 11.6. The van der Waals surface area contributed by atoms with Crippen molar-refractivity contribution >= 4 is 6.16 Å². The third kappa shape index (κ3) is 5.27. The third-order valence-electron chi connectivity index (χ3n) is 5.82. The van der Waals surface area contributed by atoms with E-state index in [2.05, 4.69) is 46.5 Å². The summed E-state index contributed by atoms with van der Waals surface area (Å²) in [6.45, 7) is 16.3. The summed E-state index contributed by atoms with van der Waals surface area (Å²) in [7, 11) is 0. The van der Waals surface area contributed by atoms with Crippen LogP contribution in [0.15, 0.2) is 47.2 Å². The van der Waals surface area contributed by atoms with Gasteiger partial charge in [-0.25, -0.2) is 9.78 Å². The number of hydrogen-bond acceptors (Lipinski definition) is 6. The fraction of sp³-hybridized carbons (Fsp3) is 0.429. The van der Waals surface area contributed by atoms with E-state index in [0.717, 1.165) is 22.3 Å². The number of nitrogens with zero attached hydrogens (tertiary/aromatic N) is 1. The van der Waals surface area contributed by atoms with Crippen molar-refractivity contribution in [1.82, 2.24) is 4.98 Å². The van der Waals surface area contributed by atoms with Gasteiger partial charge in [-0.1, -0.05) is 71.9 Å². The molecule has 182 valence electrons. The lowest BCUT2D eigenvalue weighted by molar-refractivity contribution is 0.104. The van der Waals surface area contributed by atoms with Gasteiger partial charge >= 0.3 is 6.16 Å². The Labute approximate surface area is 201 Å². The van der Waals surface area contributed by atoms with E-state index >= 15 is 0 Å². The van der Waals surface area contributed by atoms with Crippen LogP contribution in [0.5, 0.6) is 11.5 Å². The monoisotopic (exact) mass is 465 g/mol. The quantitative estimate of drug-likeness (QED) is 0.323. The zero-order valence-corrected chi connectivity index (χ0v) is 21.4. The minimum atomic E-state index is -0.762. The van der Waals surface area contributed by atoms with Crippen LogP contribution in [0, 0.1) is 6.92 Å². The van der Waals surface area contributed by atoms with Crippen molar-refractivity contribution in [3.05, 3.63) is 76.5 Å². The summed E-state index contributed by atoms with van der Waals surface area (Å²) < 4.78 is 16.2. The van der Waals surface area contributed by atoms with Gasteiger partial charge in [0.25, 0.3) is 0 Å². The topological polar surface area (TPSA) is 81.8 Å². The highest BCUT2D eigenvalue weighted by Gasteiger charge is 2.32. The summed E-state index contributed by atoms with van der Waals surface area (Å²) in [5, 5.41) is 11.2. The highest BCUT2D eigenvalue weighted by molar-refractivity contribution is 5.65. The van der Waals surface area contributed by atoms with E-state index < -0.39 is 12.1 Å². The Bertz CT molecular complexity index is 1130. The first-order chi connectivity index (χ1) is 15.8. The van der Waals surface area contributed by atoms with Crippen molar-refractivity contribution in [2.24, 2.45) is 0 Å². The minimum absolute atomic E-state index is 0.217. The Morgan fingerprint density at radius 1 is 1.06 bits per heavy atom. The van der Waals surface area contributed by atoms with Crippen LogP contribution in [0.2, 0.25) is 0 Å². The van der Waals surface area contributed by atoms with E-state index in [1.807, 2.05) is 37.3 Å². The normalized spacial score (nSPS) is 12.9. The maximum Gasteiger partial charge on any atom is 0.513 e. The smallest absolute Gasteiger partial charge is 0.507 e. The molecule has 3 rings (SSSR count). The zero-order valence-electron chi connectivity index (χ0n) is 21.4. The molecule has 6 heteroatoms. The number of aromatic hydroxyl groups is 1. The highest BCUT2D eigenvalue weighted by atomic mass is 16.7.